The van der Waals surface area contributed by atoms with Crippen molar-refractivity contribution in [2.45, 2.75) is 13.8 Å². The predicted octanol–water partition coefficient (Wildman–Crippen LogP) is 2.90. The summed E-state index contributed by atoms with van der Waals surface area (Å²) >= 11 is 0. The van der Waals surface area contributed by atoms with Gasteiger partial charge in [-0.05, 0) is 61.4 Å². The summed E-state index contributed by atoms with van der Waals surface area (Å²) in [6.45, 7) is 3.96. The summed E-state index contributed by atoms with van der Waals surface area (Å²) in [6, 6.07) is 12.8. The average Bonchev–Trinajstić information content (AvgIpc) is 2.37. The summed E-state index contributed by atoms with van der Waals surface area (Å²) in [7, 11) is 0. The number of hydrogen-bond acceptors (Lipinski definition) is 3. The van der Waals surface area contributed by atoms with Crippen LogP contribution in [0.3, 0.4) is 0 Å². The van der Waals surface area contributed by atoms with Crippen molar-refractivity contribution >= 4 is 17.3 Å². The van der Waals surface area contributed by atoms with Crippen molar-refractivity contribution in [1.29, 1.82) is 0 Å². The Balaban J connectivity index is 1.90. The smallest absolute Gasteiger partial charge is 0.262 e. The number of aryl methyl sites for hydroxylation is 2. The second-order valence-corrected chi connectivity index (χ2v) is 4.78. The molecule has 2 aromatic carbocycles. The van der Waals surface area contributed by atoms with Gasteiger partial charge in [0.2, 0.25) is 0 Å². The van der Waals surface area contributed by atoms with Crippen LogP contribution in [-0.2, 0) is 4.79 Å². The molecular weight excluding hydrogens is 252 g/mol. The fraction of sp³-hybridized carbons (Fsp3) is 0.188. The van der Waals surface area contributed by atoms with Crippen LogP contribution < -0.4 is 15.8 Å². The first-order chi connectivity index (χ1) is 9.52. The Morgan fingerprint density at radius 2 is 1.70 bits per heavy atom. The molecule has 0 saturated heterocycles. The van der Waals surface area contributed by atoms with Crippen LogP contribution in [0.5, 0.6) is 5.75 Å². The van der Waals surface area contributed by atoms with Gasteiger partial charge in [0, 0.05) is 11.4 Å². The van der Waals surface area contributed by atoms with E-state index in [0.29, 0.717) is 11.4 Å². The van der Waals surface area contributed by atoms with E-state index in [1.54, 1.807) is 24.3 Å². The Kier molecular flexibility index (Phi) is 4.25. The molecule has 0 bridgehead atoms. The van der Waals surface area contributed by atoms with Gasteiger partial charge in [-0.15, -0.1) is 0 Å². The Morgan fingerprint density at radius 1 is 1.10 bits per heavy atom. The number of hydrogen-bond donors (Lipinski definition) is 2. The van der Waals surface area contributed by atoms with Gasteiger partial charge in [0.25, 0.3) is 5.91 Å². The molecule has 0 saturated carbocycles. The van der Waals surface area contributed by atoms with E-state index >= 15 is 0 Å². The van der Waals surface area contributed by atoms with Gasteiger partial charge >= 0.3 is 0 Å². The van der Waals surface area contributed by atoms with Crippen LogP contribution in [0.15, 0.2) is 42.5 Å². The number of nitrogens with two attached hydrogens (primary N) is 1. The molecular formula is C16H18N2O2. The van der Waals surface area contributed by atoms with E-state index < -0.39 is 0 Å². The standard InChI is InChI=1S/C16H18N2O2/c1-11-7-12(2)9-14(8-11)18-16(19)10-20-15-5-3-13(17)4-6-15/h3-9H,10,17H2,1-2H3,(H,18,19). The molecule has 0 radical (unpaired) electrons. The van der Waals surface area contributed by atoms with Gasteiger partial charge in [-0.25, -0.2) is 0 Å². The van der Waals surface area contributed by atoms with E-state index in [9.17, 15) is 4.79 Å². The molecule has 3 N–H and O–H groups in total. The zero-order valence-corrected chi connectivity index (χ0v) is 11.6. The molecule has 0 fully saturated rings. The second-order valence-electron chi connectivity index (χ2n) is 4.78. The normalized spacial score (nSPS) is 10.1. The minimum atomic E-state index is -0.188. The van der Waals surface area contributed by atoms with E-state index in [1.165, 1.54) is 0 Å². The number of anilines is 2. The maximum atomic E-state index is 11.8. The fourth-order valence-electron chi connectivity index (χ4n) is 1.96. The lowest BCUT2D eigenvalue weighted by atomic mass is 10.1. The van der Waals surface area contributed by atoms with E-state index in [2.05, 4.69) is 11.4 Å². The average molecular weight is 270 g/mol. The zero-order chi connectivity index (χ0) is 14.5. The van der Waals surface area contributed by atoms with Crippen LogP contribution in [-0.4, -0.2) is 12.5 Å². The van der Waals surface area contributed by atoms with E-state index in [1.807, 2.05) is 26.0 Å². The van der Waals surface area contributed by atoms with Crippen molar-refractivity contribution in [3.8, 4) is 5.75 Å². The third-order valence-corrected chi connectivity index (χ3v) is 2.76. The number of nitrogens with one attached hydrogen (secondary N) is 1. The van der Waals surface area contributed by atoms with Crippen molar-refractivity contribution < 1.29 is 9.53 Å². The molecule has 1 amide bonds. The lowest BCUT2D eigenvalue weighted by molar-refractivity contribution is -0.118. The van der Waals surface area contributed by atoms with Crippen LogP contribution in [0.25, 0.3) is 0 Å². The molecule has 0 aliphatic rings. The van der Waals surface area contributed by atoms with Gasteiger partial charge in [0.1, 0.15) is 5.75 Å². The molecule has 0 aliphatic heterocycles. The molecule has 0 atom stereocenters. The predicted molar refractivity (Wildman–Crippen MR) is 80.9 cm³/mol. The molecule has 0 spiro atoms. The van der Waals surface area contributed by atoms with Gasteiger partial charge in [-0.1, -0.05) is 6.07 Å². The maximum absolute atomic E-state index is 11.8. The topological polar surface area (TPSA) is 64.3 Å². The Bertz CT molecular complexity index is 586. The SMILES string of the molecule is Cc1cc(C)cc(NC(=O)COc2ccc(N)cc2)c1. The molecule has 2 rings (SSSR count). The van der Waals surface area contributed by atoms with Crippen molar-refractivity contribution in [2.24, 2.45) is 0 Å². The minimum Gasteiger partial charge on any atom is -0.484 e. The van der Waals surface area contributed by atoms with Crippen molar-refractivity contribution in [3.63, 3.8) is 0 Å². The van der Waals surface area contributed by atoms with Crippen molar-refractivity contribution in [1.82, 2.24) is 0 Å². The molecule has 20 heavy (non-hydrogen) atoms. The fourth-order valence-corrected chi connectivity index (χ4v) is 1.96. The first kappa shape index (κ1) is 13.9. The largest absolute Gasteiger partial charge is 0.484 e. The first-order valence-electron chi connectivity index (χ1n) is 6.39. The van der Waals surface area contributed by atoms with Crippen molar-refractivity contribution in [3.05, 3.63) is 53.6 Å². The Hall–Kier alpha value is -2.49. The Morgan fingerprint density at radius 3 is 2.30 bits per heavy atom. The number of rotatable bonds is 4. The maximum Gasteiger partial charge on any atom is 0.262 e. The van der Waals surface area contributed by atoms with E-state index in [0.717, 1.165) is 16.8 Å². The van der Waals surface area contributed by atoms with Gasteiger partial charge in [0.05, 0.1) is 0 Å². The summed E-state index contributed by atoms with van der Waals surface area (Å²) in [6.07, 6.45) is 0. The monoisotopic (exact) mass is 270 g/mol. The van der Waals surface area contributed by atoms with Crippen LogP contribution >= 0.6 is 0 Å². The summed E-state index contributed by atoms with van der Waals surface area (Å²) in [5.41, 5.74) is 9.25. The van der Waals surface area contributed by atoms with Crippen LogP contribution in [0.1, 0.15) is 11.1 Å². The summed E-state index contributed by atoms with van der Waals surface area (Å²) in [4.78, 5) is 11.8. The lowest BCUT2D eigenvalue weighted by Gasteiger charge is -2.09. The van der Waals surface area contributed by atoms with Gasteiger partial charge in [-0.3, -0.25) is 4.79 Å². The highest BCUT2D eigenvalue weighted by molar-refractivity contribution is 5.92. The lowest BCUT2D eigenvalue weighted by Crippen LogP contribution is -2.20. The first-order valence-corrected chi connectivity index (χ1v) is 6.39. The van der Waals surface area contributed by atoms with Crippen LogP contribution in [0.2, 0.25) is 0 Å². The summed E-state index contributed by atoms with van der Waals surface area (Å²) in [5.74, 6) is 0.432. The highest BCUT2D eigenvalue weighted by Crippen LogP contribution is 2.15. The number of carbonyl (C=O) groups is 1. The molecule has 0 unspecified atom stereocenters. The third-order valence-electron chi connectivity index (χ3n) is 2.76. The molecule has 104 valence electrons. The van der Waals surface area contributed by atoms with Gasteiger partial charge < -0.3 is 15.8 Å². The van der Waals surface area contributed by atoms with Crippen LogP contribution in [0, 0.1) is 13.8 Å². The molecule has 4 heteroatoms. The minimum absolute atomic E-state index is 0.0308. The van der Waals surface area contributed by atoms with E-state index in [4.69, 9.17) is 10.5 Å². The van der Waals surface area contributed by atoms with Crippen molar-refractivity contribution in [2.75, 3.05) is 17.7 Å². The Labute approximate surface area is 118 Å². The number of nitrogen functional groups attached to an aromatic ring is 1. The number of benzene rings is 2. The number of carbonyl (C=O) groups excluding carboxylic acids is 1. The quantitative estimate of drug-likeness (QED) is 0.840. The number of amides is 1. The highest BCUT2D eigenvalue weighted by Gasteiger charge is 2.04. The van der Waals surface area contributed by atoms with Crippen LogP contribution in [0.4, 0.5) is 11.4 Å². The van der Waals surface area contributed by atoms with Gasteiger partial charge in [0.15, 0.2) is 6.61 Å². The molecule has 0 aromatic heterocycles. The third kappa shape index (κ3) is 4.02. The summed E-state index contributed by atoms with van der Waals surface area (Å²) < 4.78 is 5.39. The molecule has 0 heterocycles. The molecule has 2 aromatic rings. The highest BCUT2D eigenvalue weighted by atomic mass is 16.5. The van der Waals surface area contributed by atoms with E-state index in [-0.39, 0.29) is 12.5 Å². The summed E-state index contributed by atoms with van der Waals surface area (Å²) in [5, 5.41) is 2.82. The zero-order valence-electron chi connectivity index (χ0n) is 11.6. The molecule has 4 nitrogen and oxygen atoms in total. The second kappa shape index (κ2) is 6.10. The number of ether oxygens (including phenoxy) is 1. The van der Waals surface area contributed by atoms with Gasteiger partial charge in [-0.2, -0.15) is 0 Å². The molecule has 0 aliphatic carbocycles.